The van der Waals surface area contributed by atoms with Crippen molar-refractivity contribution in [3.05, 3.63) is 59.2 Å². The summed E-state index contributed by atoms with van der Waals surface area (Å²) in [5.74, 6) is -1.99. The topological polar surface area (TPSA) is 58.6 Å². The number of halogens is 2. The van der Waals surface area contributed by atoms with Gasteiger partial charge in [0, 0.05) is 30.8 Å². The Morgan fingerprint density at radius 1 is 1.31 bits per heavy atom. The number of hydrogen-bond acceptors (Lipinski definition) is 3. The summed E-state index contributed by atoms with van der Waals surface area (Å²) in [6, 6.07) is 9.10. The Kier molecular flexibility index (Phi) is 5.16. The lowest BCUT2D eigenvalue weighted by Gasteiger charge is -2.26. The van der Waals surface area contributed by atoms with E-state index in [4.69, 9.17) is 4.74 Å². The van der Waals surface area contributed by atoms with Crippen molar-refractivity contribution in [2.45, 2.75) is 13.3 Å². The monoisotopic (exact) mass is 359 g/mol. The minimum Gasteiger partial charge on any atom is -0.454 e. The van der Waals surface area contributed by atoms with E-state index >= 15 is 0 Å². The molecule has 5 nitrogen and oxygen atoms in total. The van der Waals surface area contributed by atoms with Gasteiger partial charge < -0.3 is 15.0 Å². The molecule has 26 heavy (non-hydrogen) atoms. The minimum absolute atomic E-state index is 0.0466. The normalized spacial score (nSPS) is 14.1. The zero-order valence-electron chi connectivity index (χ0n) is 14.1. The van der Waals surface area contributed by atoms with Crippen LogP contribution in [0.3, 0.4) is 0 Å². The summed E-state index contributed by atoms with van der Waals surface area (Å²) in [7, 11) is 0. The number of rotatable bonds is 4. The van der Waals surface area contributed by atoms with Gasteiger partial charge in [0.15, 0.2) is 11.6 Å². The van der Waals surface area contributed by atoms with Gasteiger partial charge in [0.25, 0.3) is 5.91 Å². The van der Waals surface area contributed by atoms with Gasteiger partial charge >= 0.3 is 0 Å². The molecule has 1 heterocycles. The zero-order valence-corrected chi connectivity index (χ0v) is 14.1. The van der Waals surface area contributed by atoms with Crippen molar-refractivity contribution in [1.82, 2.24) is 10.2 Å². The molecule has 2 aromatic carbocycles. The Bertz CT molecular complexity index is 855. The van der Waals surface area contributed by atoms with Crippen molar-refractivity contribution in [2.75, 3.05) is 19.6 Å². The second-order valence-corrected chi connectivity index (χ2v) is 5.85. The van der Waals surface area contributed by atoms with E-state index in [-0.39, 0.29) is 29.5 Å². The number of aryl methyl sites for hydroxylation is 1. The van der Waals surface area contributed by atoms with E-state index in [1.54, 1.807) is 0 Å². The van der Waals surface area contributed by atoms with Crippen LogP contribution in [0.15, 0.2) is 30.3 Å². The maximum atomic E-state index is 14.3. The molecule has 1 radical (unpaired) electrons. The highest BCUT2D eigenvalue weighted by atomic mass is 19.1. The van der Waals surface area contributed by atoms with Crippen molar-refractivity contribution < 1.29 is 23.1 Å². The van der Waals surface area contributed by atoms with Crippen LogP contribution in [0.25, 0.3) is 0 Å². The molecule has 0 unspecified atom stereocenters. The predicted molar refractivity (Wildman–Crippen MR) is 90.0 cm³/mol. The van der Waals surface area contributed by atoms with Crippen LogP contribution in [0.2, 0.25) is 0 Å². The number of carbonyl (C=O) groups is 2. The fourth-order valence-corrected chi connectivity index (χ4v) is 2.64. The second kappa shape index (κ2) is 7.51. The summed E-state index contributed by atoms with van der Waals surface area (Å²) in [5.41, 5.74) is 0.602. The second-order valence-electron chi connectivity index (χ2n) is 5.85. The van der Waals surface area contributed by atoms with Crippen LogP contribution in [-0.4, -0.2) is 36.3 Å². The molecule has 0 atom stereocenters. The van der Waals surface area contributed by atoms with Crippen LogP contribution in [0, 0.1) is 17.7 Å². The highest BCUT2D eigenvalue weighted by Crippen LogP contribution is 2.27. The van der Waals surface area contributed by atoms with Crippen LogP contribution < -0.4 is 10.1 Å². The third kappa shape index (κ3) is 3.82. The lowest BCUT2D eigenvalue weighted by molar-refractivity contribution is -0.123. The number of hydrogen-bond donors (Lipinski definition) is 1. The van der Waals surface area contributed by atoms with Gasteiger partial charge in [-0.05, 0) is 36.2 Å². The molecular formula is C19H17F2N2O3. The smallest absolute Gasteiger partial charge is 0.254 e. The largest absolute Gasteiger partial charge is 0.454 e. The number of benzene rings is 2. The molecule has 0 aliphatic carbocycles. The quantitative estimate of drug-likeness (QED) is 0.913. The minimum atomic E-state index is -0.759. The fraction of sp³-hybridized carbons (Fsp3) is 0.263. The van der Waals surface area contributed by atoms with E-state index in [0.717, 1.165) is 12.1 Å². The molecule has 3 rings (SSSR count). The molecule has 1 fully saturated rings. The van der Waals surface area contributed by atoms with Crippen molar-refractivity contribution >= 4 is 11.8 Å². The van der Waals surface area contributed by atoms with E-state index in [9.17, 15) is 18.4 Å². The van der Waals surface area contributed by atoms with Gasteiger partial charge in [-0.2, -0.15) is 0 Å². The number of nitrogens with one attached hydrogen (secondary N) is 1. The van der Waals surface area contributed by atoms with Gasteiger partial charge in [0.05, 0.1) is 6.54 Å². The highest BCUT2D eigenvalue weighted by molar-refractivity contribution is 5.97. The third-order valence-corrected chi connectivity index (χ3v) is 4.06. The number of piperazine rings is 1. The molecule has 0 spiro atoms. The van der Waals surface area contributed by atoms with E-state index in [2.05, 4.69) is 11.4 Å². The summed E-state index contributed by atoms with van der Waals surface area (Å²) in [4.78, 5) is 25.1. The SMILES string of the molecule is CCc1c[c]c(Oc2ccc(C(=O)N3CCNC(=O)C3)cc2F)cc1F. The van der Waals surface area contributed by atoms with Gasteiger partial charge in [0.2, 0.25) is 5.91 Å². The van der Waals surface area contributed by atoms with Gasteiger partial charge in [-0.3, -0.25) is 9.59 Å². The van der Waals surface area contributed by atoms with Gasteiger partial charge in [-0.15, -0.1) is 0 Å². The van der Waals surface area contributed by atoms with E-state index in [0.29, 0.717) is 25.1 Å². The first kappa shape index (κ1) is 17.8. The van der Waals surface area contributed by atoms with Crippen molar-refractivity contribution in [3.8, 4) is 11.5 Å². The number of ether oxygens (including phenoxy) is 1. The van der Waals surface area contributed by atoms with Crippen LogP contribution in [0.1, 0.15) is 22.8 Å². The third-order valence-electron chi connectivity index (χ3n) is 4.06. The molecule has 0 saturated carbocycles. The average Bonchev–Trinajstić information content (AvgIpc) is 2.63. The van der Waals surface area contributed by atoms with E-state index < -0.39 is 17.5 Å². The van der Waals surface area contributed by atoms with Gasteiger partial charge in [-0.25, -0.2) is 8.78 Å². The molecule has 1 aliphatic rings. The van der Waals surface area contributed by atoms with Crippen LogP contribution in [0.5, 0.6) is 11.5 Å². The van der Waals surface area contributed by atoms with E-state index in [1.807, 2.05) is 6.92 Å². The summed E-state index contributed by atoms with van der Waals surface area (Å²) < 4.78 is 33.4. The summed E-state index contributed by atoms with van der Waals surface area (Å²) >= 11 is 0. The Morgan fingerprint density at radius 3 is 2.77 bits per heavy atom. The first-order valence-electron chi connectivity index (χ1n) is 8.21. The maximum absolute atomic E-state index is 14.3. The molecule has 135 valence electrons. The first-order chi connectivity index (χ1) is 12.5. The average molecular weight is 359 g/mol. The zero-order chi connectivity index (χ0) is 18.7. The molecule has 1 saturated heterocycles. The van der Waals surface area contributed by atoms with Crippen LogP contribution in [-0.2, 0) is 11.2 Å². The number of amides is 2. The lowest BCUT2D eigenvalue weighted by Crippen LogP contribution is -2.49. The molecular weight excluding hydrogens is 342 g/mol. The number of carbonyl (C=O) groups excluding carboxylic acids is 2. The molecule has 1 aliphatic heterocycles. The van der Waals surface area contributed by atoms with Crippen LogP contribution >= 0.6 is 0 Å². The highest BCUT2D eigenvalue weighted by Gasteiger charge is 2.23. The first-order valence-corrected chi connectivity index (χ1v) is 8.21. The Hall–Kier alpha value is -2.96. The molecule has 0 bridgehead atoms. The number of nitrogens with zero attached hydrogens (tertiary/aromatic N) is 1. The van der Waals surface area contributed by atoms with Gasteiger partial charge in [0.1, 0.15) is 11.6 Å². The molecule has 7 heteroatoms. The lowest BCUT2D eigenvalue weighted by atomic mass is 10.1. The van der Waals surface area contributed by atoms with Crippen molar-refractivity contribution in [1.29, 1.82) is 0 Å². The Balaban J connectivity index is 1.76. The molecule has 0 aromatic heterocycles. The van der Waals surface area contributed by atoms with Crippen molar-refractivity contribution in [2.24, 2.45) is 0 Å². The predicted octanol–water partition coefficient (Wildman–Crippen LogP) is 2.69. The summed E-state index contributed by atoms with van der Waals surface area (Å²) in [5, 5.41) is 2.62. The maximum Gasteiger partial charge on any atom is 0.254 e. The van der Waals surface area contributed by atoms with Gasteiger partial charge in [-0.1, -0.05) is 6.92 Å². The van der Waals surface area contributed by atoms with Crippen molar-refractivity contribution in [3.63, 3.8) is 0 Å². The summed E-state index contributed by atoms with van der Waals surface area (Å²) in [6.07, 6.45) is 0.516. The standard InChI is InChI=1S/C19H17F2N2O3/c1-2-12-3-5-14(10-15(12)20)26-17-6-4-13(9-16(17)21)19(25)23-8-7-22-18(24)11-23/h3-4,6,9-10H,2,7-8,11H2,1H3,(H,22,24). The Morgan fingerprint density at radius 2 is 2.12 bits per heavy atom. The molecule has 2 amide bonds. The van der Waals surface area contributed by atoms with E-state index in [1.165, 1.54) is 23.1 Å². The summed E-state index contributed by atoms with van der Waals surface area (Å²) in [6.45, 7) is 2.48. The fourth-order valence-electron chi connectivity index (χ4n) is 2.64. The molecule has 1 N–H and O–H groups in total. The molecule has 2 aromatic rings. The Labute approximate surface area is 149 Å². The van der Waals surface area contributed by atoms with Crippen LogP contribution in [0.4, 0.5) is 8.78 Å².